The van der Waals surface area contributed by atoms with E-state index in [2.05, 4.69) is 16.0 Å². The number of benzene rings is 1. The third kappa shape index (κ3) is 3.81. The van der Waals surface area contributed by atoms with Gasteiger partial charge >= 0.3 is 0 Å². The summed E-state index contributed by atoms with van der Waals surface area (Å²) in [6, 6.07) is 6.50. The maximum absolute atomic E-state index is 12.3. The van der Waals surface area contributed by atoms with Gasteiger partial charge in [0.25, 0.3) is 5.91 Å². The molecule has 3 N–H and O–H groups in total. The standard InChI is InChI=1S/C15H19N3O3/c1-2-9-16-11-6-4-3-5-10(11)14(20)17-12-7-8-13(19)18-15(12)21/h3-6,12,16H,2,7-9H2,1H3,(H,17,20)(H,18,19,21). The van der Waals surface area contributed by atoms with Crippen molar-refractivity contribution in [2.45, 2.75) is 32.2 Å². The van der Waals surface area contributed by atoms with Crippen LogP contribution in [0.5, 0.6) is 0 Å². The van der Waals surface area contributed by atoms with Gasteiger partial charge in [-0.05, 0) is 25.0 Å². The van der Waals surface area contributed by atoms with Gasteiger partial charge in [0.05, 0.1) is 5.56 Å². The predicted molar refractivity (Wildman–Crippen MR) is 78.9 cm³/mol. The molecule has 0 spiro atoms. The average Bonchev–Trinajstić information content (AvgIpc) is 2.48. The molecule has 1 unspecified atom stereocenters. The monoisotopic (exact) mass is 289 g/mol. The lowest BCUT2D eigenvalue weighted by Gasteiger charge is -2.22. The number of hydrogen-bond acceptors (Lipinski definition) is 4. The third-order valence-electron chi connectivity index (χ3n) is 3.28. The molecule has 3 amide bonds. The normalized spacial score (nSPS) is 18.0. The first-order valence-corrected chi connectivity index (χ1v) is 7.09. The van der Waals surface area contributed by atoms with E-state index >= 15 is 0 Å². The molecule has 6 heteroatoms. The summed E-state index contributed by atoms with van der Waals surface area (Å²) in [5, 5.41) is 8.09. The van der Waals surface area contributed by atoms with Crippen molar-refractivity contribution in [3.63, 3.8) is 0 Å². The molecule has 112 valence electrons. The van der Waals surface area contributed by atoms with E-state index in [1.807, 2.05) is 19.1 Å². The Labute approximate surface area is 123 Å². The zero-order chi connectivity index (χ0) is 15.2. The SMILES string of the molecule is CCCNc1ccccc1C(=O)NC1CCC(=O)NC1=O. The van der Waals surface area contributed by atoms with Gasteiger partial charge in [0.15, 0.2) is 0 Å². The highest BCUT2D eigenvalue weighted by molar-refractivity contribution is 6.05. The number of imide groups is 1. The summed E-state index contributed by atoms with van der Waals surface area (Å²) in [6.45, 7) is 2.81. The first kappa shape index (κ1) is 15.0. The van der Waals surface area contributed by atoms with Crippen LogP contribution >= 0.6 is 0 Å². The molecule has 1 aromatic rings. The van der Waals surface area contributed by atoms with Gasteiger partial charge in [0, 0.05) is 18.7 Å². The summed E-state index contributed by atoms with van der Waals surface area (Å²) < 4.78 is 0. The largest absolute Gasteiger partial charge is 0.384 e. The van der Waals surface area contributed by atoms with Crippen molar-refractivity contribution in [1.29, 1.82) is 0 Å². The number of nitrogens with one attached hydrogen (secondary N) is 3. The summed E-state index contributed by atoms with van der Waals surface area (Å²) in [6.07, 6.45) is 1.52. The molecule has 1 atom stereocenters. The summed E-state index contributed by atoms with van der Waals surface area (Å²) in [5.74, 6) is -1.06. The Morgan fingerprint density at radius 3 is 2.81 bits per heavy atom. The van der Waals surface area contributed by atoms with Gasteiger partial charge in [-0.1, -0.05) is 19.1 Å². The Morgan fingerprint density at radius 2 is 2.10 bits per heavy atom. The van der Waals surface area contributed by atoms with Crippen molar-refractivity contribution in [3.8, 4) is 0 Å². The van der Waals surface area contributed by atoms with E-state index in [0.29, 0.717) is 12.0 Å². The van der Waals surface area contributed by atoms with Crippen LogP contribution in [-0.2, 0) is 9.59 Å². The topological polar surface area (TPSA) is 87.3 Å². The Bertz CT molecular complexity index is 557. The number of carbonyl (C=O) groups excluding carboxylic acids is 3. The van der Waals surface area contributed by atoms with Crippen LogP contribution in [0.2, 0.25) is 0 Å². The minimum Gasteiger partial charge on any atom is -0.384 e. The first-order chi connectivity index (χ1) is 10.1. The molecule has 21 heavy (non-hydrogen) atoms. The fraction of sp³-hybridized carbons (Fsp3) is 0.400. The van der Waals surface area contributed by atoms with E-state index in [4.69, 9.17) is 0 Å². The molecule has 0 radical (unpaired) electrons. The number of hydrogen-bond donors (Lipinski definition) is 3. The number of rotatable bonds is 5. The van der Waals surface area contributed by atoms with Crippen molar-refractivity contribution >= 4 is 23.4 Å². The Morgan fingerprint density at radius 1 is 1.33 bits per heavy atom. The number of piperidine rings is 1. The van der Waals surface area contributed by atoms with Crippen molar-refractivity contribution in [2.75, 3.05) is 11.9 Å². The maximum Gasteiger partial charge on any atom is 0.254 e. The second-order valence-electron chi connectivity index (χ2n) is 4.95. The molecule has 1 heterocycles. The van der Waals surface area contributed by atoms with Crippen LogP contribution in [-0.4, -0.2) is 30.3 Å². The van der Waals surface area contributed by atoms with Gasteiger partial charge in [0.1, 0.15) is 6.04 Å². The highest BCUT2D eigenvalue weighted by Gasteiger charge is 2.28. The van der Waals surface area contributed by atoms with Crippen LogP contribution in [0.25, 0.3) is 0 Å². The Balaban J connectivity index is 2.06. The summed E-state index contributed by atoms with van der Waals surface area (Å²) >= 11 is 0. The van der Waals surface area contributed by atoms with Gasteiger partial charge in [0.2, 0.25) is 11.8 Å². The molecule has 6 nitrogen and oxygen atoms in total. The molecule has 1 aliphatic rings. The van der Waals surface area contributed by atoms with Crippen molar-refractivity contribution in [1.82, 2.24) is 10.6 Å². The van der Waals surface area contributed by atoms with Crippen LogP contribution in [0.3, 0.4) is 0 Å². The molecular formula is C15H19N3O3. The van der Waals surface area contributed by atoms with Crippen LogP contribution in [0, 0.1) is 0 Å². The van der Waals surface area contributed by atoms with Crippen molar-refractivity contribution in [3.05, 3.63) is 29.8 Å². The van der Waals surface area contributed by atoms with Gasteiger partial charge in [-0.15, -0.1) is 0 Å². The molecule has 0 aliphatic carbocycles. The van der Waals surface area contributed by atoms with Crippen LogP contribution in [0.1, 0.15) is 36.5 Å². The molecular weight excluding hydrogens is 270 g/mol. The van der Waals surface area contributed by atoms with Crippen molar-refractivity contribution in [2.24, 2.45) is 0 Å². The lowest BCUT2D eigenvalue weighted by atomic mass is 10.0. The minimum absolute atomic E-state index is 0.242. The van der Waals surface area contributed by atoms with E-state index < -0.39 is 11.9 Å². The number of para-hydroxylation sites is 1. The van der Waals surface area contributed by atoms with E-state index in [1.165, 1.54) is 0 Å². The van der Waals surface area contributed by atoms with Crippen LogP contribution in [0.15, 0.2) is 24.3 Å². The third-order valence-corrected chi connectivity index (χ3v) is 3.28. The van der Waals surface area contributed by atoms with Gasteiger partial charge < -0.3 is 10.6 Å². The molecule has 1 saturated heterocycles. The van der Waals surface area contributed by atoms with Gasteiger partial charge in [-0.2, -0.15) is 0 Å². The number of amides is 3. The quantitative estimate of drug-likeness (QED) is 0.707. The summed E-state index contributed by atoms with van der Waals surface area (Å²) in [5.41, 5.74) is 1.24. The average molecular weight is 289 g/mol. The zero-order valence-corrected chi connectivity index (χ0v) is 11.9. The van der Waals surface area contributed by atoms with Crippen LogP contribution in [0.4, 0.5) is 5.69 Å². The van der Waals surface area contributed by atoms with Gasteiger partial charge in [-0.25, -0.2) is 0 Å². The van der Waals surface area contributed by atoms with E-state index in [1.54, 1.807) is 12.1 Å². The molecule has 0 aromatic heterocycles. The second kappa shape index (κ2) is 6.88. The lowest BCUT2D eigenvalue weighted by molar-refractivity contribution is -0.134. The van der Waals surface area contributed by atoms with Crippen LogP contribution < -0.4 is 16.0 Å². The smallest absolute Gasteiger partial charge is 0.254 e. The summed E-state index contributed by atoms with van der Waals surface area (Å²) in [7, 11) is 0. The molecule has 0 saturated carbocycles. The Kier molecular flexibility index (Phi) is 4.92. The molecule has 1 aromatic carbocycles. The molecule has 2 rings (SSSR count). The second-order valence-corrected chi connectivity index (χ2v) is 4.95. The lowest BCUT2D eigenvalue weighted by Crippen LogP contribution is -2.52. The van der Waals surface area contributed by atoms with Crippen molar-refractivity contribution < 1.29 is 14.4 Å². The van der Waals surface area contributed by atoms with E-state index in [0.717, 1.165) is 18.7 Å². The molecule has 1 aliphatic heterocycles. The highest BCUT2D eigenvalue weighted by Crippen LogP contribution is 2.16. The fourth-order valence-electron chi connectivity index (χ4n) is 2.16. The first-order valence-electron chi connectivity index (χ1n) is 7.09. The number of carbonyl (C=O) groups is 3. The highest BCUT2D eigenvalue weighted by atomic mass is 16.2. The molecule has 0 bridgehead atoms. The van der Waals surface area contributed by atoms with E-state index in [-0.39, 0.29) is 18.2 Å². The predicted octanol–water partition coefficient (Wildman–Crippen LogP) is 1.04. The Hall–Kier alpha value is -2.37. The van der Waals surface area contributed by atoms with Gasteiger partial charge in [-0.3, -0.25) is 19.7 Å². The summed E-state index contributed by atoms with van der Waals surface area (Å²) in [4.78, 5) is 35.1. The minimum atomic E-state index is -0.658. The fourth-order valence-corrected chi connectivity index (χ4v) is 2.16. The molecule has 1 fully saturated rings. The zero-order valence-electron chi connectivity index (χ0n) is 11.9. The van der Waals surface area contributed by atoms with E-state index in [9.17, 15) is 14.4 Å². The maximum atomic E-state index is 12.3. The number of anilines is 1.